The number of aliphatic hydroxyl groups excluding tert-OH is 3. The lowest BCUT2D eigenvalue weighted by molar-refractivity contribution is -0.261. The molecule has 1 heterocycles. The Hall–Kier alpha value is -0.730. The summed E-state index contributed by atoms with van der Waals surface area (Å²) in [6, 6.07) is 0. The van der Waals surface area contributed by atoms with Gasteiger partial charge in [-0.1, -0.05) is 0 Å². The number of rotatable bonds is 2. The summed E-state index contributed by atoms with van der Waals surface area (Å²) in [5, 5.41) is 36.5. The molecule has 0 unspecified atom stereocenters. The Kier molecular flexibility index (Phi) is 3.07. The topological polar surface area (TPSA) is 133 Å². The van der Waals surface area contributed by atoms with Crippen LogP contribution in [0.25, 0.3) is 0 Å². The van der Waals surface area contributed by atoms with Crippen LogP contribution in [0.2, 0.25) is 0 Å². The van der Waals surface area contributed by atoms with Gasteiger partial charge in [0.15, 0.2) is 0 Å². The molecule has 0 bridgehead atoms. The van der Waals surface area contributed by atoms with Crippen LogP contribution >= 0.6 is 0 Å². The Balaban J connectivity index is 2.81. The van der Waals surface area contributed by atoms with E-state index >= 15 is 0 Å². The molecule has 4 atom stereocenters. The van der Waals surface area contributed by atoms with Crippen LogP contribution in [0, 0.1) is 6.42 Å². The van der Waals surface area contributed by atoms with Gasteiger partial charge >= 0.3 is 0 Å². The summed E-state index contributed by atoms with van der Waals surface area (Å²) in [5.74, 6) is -3.67. The fourth-order valence-corrected chi connectivity index (χ4v) is 1.18. The number of hydrogen-bond acceptors (Lipinski definition) is 6. The highest BCUT2D eigenvalue weighted by atomic mass is 16.7. The van der Waals surface area contributed by atoms with Crippen LogP contribution in [0.4, 0.5) is 0 Å². The lowest BCUT2D eigenvalue weighted by atomic mass is 9.95. The van der Waals surface area contributed by atoms with Gasteiger partial charge in [-0.3, -0.25) is 4.79 Å². The standard InChI is InChI=1S/C7H12NO6/c8-6(12)7(13)1-3(10)5(11)4(2-9)14-7/h1,3-5,9-11,13H,2H2,(H2,8,12)/t3-,4-,5+,7+/m1/s1. The van der Waals surface area contributed by atoms with E-state index in [1.165, 1.54) is 0 Å². The van der Waals surface area contributed by atoms with E-state index in [0.29, 0.717) is 6.42 Å². The van der Waals surface area contributed by atoms with Gasteiger partial charge in [-0.05, 0) is 0 Å². The van der Waals surface area contributed by atoms with Crippen LogP contribution in [-0.2, 0) is 9.53 Å². The first kappa shape index (κ1) is 11.3. The van der Waals surface area contributed by atoms with E-state index in [9.17, 15) is 20.1 Å². The zero-order valence-corrected chi connectivity index (χ0v) is 7.20. The molecule has 0 aromatic rings. The minimum atomic E-state index is -2.45. The summed E-state index contributed by atoms with van der Waals surface area (Å²) in [6.07, 6.45) is -3.47. The number of hydrogen-bond donors (Lipinski definition) is 5. The first-order chi connectivity index (χ1) is 6.40. The lowest BCUT2D eigenvalue weighted by Crippen LogP contribution is -2.61. The SMILES string of the molecule is NC(=O)[C@]1(O)[CH][C@@H](O)[C@H](O)[C@@H](CO)O1. The number of primary amides is 1. The molecule has 81 valence electrons. The molecule has 6 N–H and O–H groups in total. The molecule has 1 radical (unpaired) electrons. The monoisotopic (exact) mass is 206 g/mol. The Bertz CT molecular complexity index is 234. The first-order valence-corrected chi connectivity index (χ1v) is 3.94. The predicted molar refractivity (Wildman–Crippen MR) is 42.4 cm³/mol. The number of carbonyl (C=O) groups is 1. The maximum Gasteiger partial charge on any atom is 0.278 e. The van der Waals surface area contributed by atoms with Crippen molar-refractivity contribution in [3.63, 3.8) is 0 Å². The van der Waals surface area contributed by atoms with E-state index in [1.807, 2.05) is 0 Å². The fourth-order valence-electron chi connectivity index (χ4n) is 1.18. The third kappa shape index (κ3) is 1.86. The van der Waals surface area contributed by atoms with Gasteiger partial charge in [0.05, 0.1) is 19.1 Å². The molecule has 1 amide bonds. The molecule has 0 spiro atoms. The van der Waals surface area contributed by atoms with Gasteiger partial charge in [0, 0.05) is 0 Å². The second-order valence-electron chi connectivity index (χ2n) is 3.05. The predicted octanol–water partition coefficient (Wildman–Crippen LogP) is -3.52. The number of aliphatic hydroxyl groups is 4. The van der Waals surface area contributed by atoms with E-state index < -0.39 is 36.6 Å². The highest BCUT2D eigenvalue weighted by molar-refractivity contribution is 5.83. The summed E-state index contributed by atoms with van der Waals surface area (Å²) in [4.78, 5) is 10.7. The van der Waals surface area contributed by atoms with E-state index in [0.717, 1.165) is 0 Å². The van der Waals surface area contributed by atoms with Crippen molar-refractivity contribution < 1.29 is 30.0 Å². The second-order valence-corrected chi connectivity index (χ2v) is 3.05. The van der Waals surface area contributed by atoms with Crippen molar-refractivity contribution in [2.45, 2.75) is 24.1 Å². The Morgan fingerprint density at radius 3 is 2.57 bits per heavy atom. The molecule has 0 aliphatic carbocycles. The van der Waals surface area contributed by atoms with Crippen molar-refractivity contribution in [2.24, 2.45) is 5.73 Å². The summed E-state index contributed by atoms with van der Waals surface area (Å²) in [7, 11) is 0. The highest BCUT2D eigenvalue weighted by Gasteiger charge is 2.49. The number of ether oxygens (including phenoxy) is 1. The molecule has 0 aromatic heterocycles. The zero-order chi connectivity index (χ0) is 10.9. The van der Waals surface area contributed by atoms with Crippen LogP contribution in [0.1, 0.15) is 0 Å². The third-order valence-electron chi connectivity index (χ3n) is 1.99. The van der Waals surface area contributed by atoms with Gasteiger partial charge in [0.1, 0.15) is 12.2 Å². The molecule has 1 saturated heterocycles. The van der Waals surface area contributed by atoms with Crippen molar-refractivity contribution >= 4 is 5.91 Å². The fraction of sp³-hybridized carbons (Fsp3) is 0.714. The molecule has 0 aromatic carbocycles. The molecular weight excluding hydrogens is 194 g/mol. The average Bonchev–Trinajstić information content (AvgIpc) is 2.11. The number of amides is 1. The minimum absolute atomic E-state index is 0.651. The zero-order valence-electron chi connectivity index (χ0n) is 7.20. The summed E-state index contributed by atoms with van der Waals surface area (Å²) >= 11 is 0. The van der Waals surface area contributed by atoms with E-state index in [1.54, 1.807) is 0 Å². The molecular formula is C7H12NO6. The van der Waals surface area contributed by atoms with Crippen LogP contribution in [0.3, 0.4) is 0 Å². The molecule has 7 nitrogen and oxygen atoms in total. The molecule has 0 saturated carbocycles. The average molecular weight is 206 g/mol. The van der Waals surface area contributed by atoms with E-state index in [2.05, 4.69) is 4.74 Å². The first-order valence-electron chi connectivity index (χ1n) is 3.94. The third-order valence-corrected chi connectivity index (χ3v) is 1.99. The molecule has 7 heteroatoms. The maximum atomic E-state index is 10.7. The van der Waals surface area contributed by atoms with Crippen LogP contribution in [0.5, 0.6) is 0 Å². The lowest BCUT2D eigenvalue weighted by Gasteiger charge is -2.39. The van der Waals surface area contributed by atoms with Crippen molar-refractivity contribution in [1.29, 1.82) is 0 Å². The maximum absolute atomic E-state index is 10.7. The molecule has 1 rings (SSSR count). The largest absolute Gasteiger partial charge is 0.394 e. The molecule has 1 aliphatic rings. The van der Waals surface area contributed by atoms with Crippen molar-refractivity contribution in [3.05, 3.63) is 6.42 Å². The van der Waals surface area contributed by atoms with Crippen LogP contribution in [-0.4, -0.2) is 57.0 Å². The highest BCUT2D eigenvalue weighted by Crippen LogP contribution is 2.26. The van der Waals surface area contributed by atoms with Gasteiger partial charge in [0.2, 0.25) is 0 Å². The number of nitrogens with two attached hydrogens (primary N) is 1. The van der Waals surface area contributed by atoms with E-state index in [-0.39, 0.29) is 0 Å². The molecule has 1 fully saturated rings. The number of carbonyl (C=O) groups excluding carboxylic acids is 1. The van der Waals surface area contributed by atoms with E-state index in [4.69, 9.17) is 10.8 Å². The van der Waals surface area contributed by atoms with Crippen molar-refractivity contribution in [2.75, 3.05) is 6.61 Å². The normalized spacial score (nSPS) is 43.6. The van der Waals surface area contributed by atoms with Gasteiger partial charge in [0.25, 0.3) is 11.7 Å². The van der Waals surface area contributed by atoms with Crippen molar-refractivity contribution in [3.8, 4) is 0 Å². The van der Waals surface area contributed by atoms with Crippen LogP contribution < -0.4 is 5.73 Å². The van der Waals surface area contributed by atoms with Crippen LogP contribution in [0.15, 0.2) is 0 Å². The van der Waals surface area contributed by atoms with Gasteiger partial charge in [-0.25, -0.2) is 0 Å². The summed E-state index contributed by atoms with van der Waals surface area (Å²) in [6.45, 7) is -0.651. The quantitative estimate of drug-likeness (QED) is 0.318. The summed E-state index contributed by atoms with van der Waals surface area (Å²) < 4.78 is 4.63. The second kappa shape index (κ2) is 3.79. The Labute approximate surface area is 79.7 Å². The Morgan fingerprint density at radius 1 is 1.57 bits per heavy atom. The van der Waals surface area contributed by atoms with Gasteiger partial charge in [-0.2, -0.15) is 0 Å². The molecule has 14 heavy (non-hydrogen) atoms. The van der Waals surface area contributed by atoms with Gasteiger partial charge < -0.3 is 30.9 Å². The smallest absolute Gasteiger partial charge is 0.278 e. The molecule has 1 aliphatic heterocycles. The Morgan fingerprint density at radius 2 is 2.14 bits per heavy atom. The summed E-state index contributed by atoms with van der Waals surface area (Å²) in [5.41, 5.74) is 4.81. The van der Waals surface area contributed by atoms with Crippen molar-refractivity contribution in [1.82, 2.24) is 0 Å². The van der Waals surface area contributed by atoms with Gasteiger partial charge in [-0.15, -0.1) is 0 Å². The minimum Gasteiger partial charge on any atom is -0.394 e.